The molecule has 0 aliphatic heterocycles. The van der Waals surface area contributed by atoms with Gasteiger partial charge < -0.3 is 5.73 Å². The van der Waals surface area contributed by atoms with Gasteiger partial charge >= 0.3 is 0 Å². The van der Waals surface area contributed by atoms with E-state index < -0.39 is 9.84 Å². The summed E-state index contributed by atoms with van der Waals surface area (Å²) in [5, 5.41) is 0.445. The molecule has 0 aliphatic carbocycles. The number of anilines is 1. The maximum absolute atomic E-state index is 12.4. The lowest BCUT2D eigenvalue weighted by atomic mass is 10.2. The third-order valence-corrected chi connectivity index (χ3v) is 4.91. The normalized spacial score (nSPS) is 11.5. The summed E-state index contributed by atoms with van der Waals surface area (Å²) in [7, 11) is -3.67. The predicted octanol–water partition coefficient (Wildman–Crippen LogP) is 1.92. The van der Waals surface area contributed by atoms with Crippen LogP contribution in [0.4, 0.5) is 5.82 Å². The molecule has 0 aliphatic rings. The van der Waals surface area contributed by atoms with Crippen LogP contribution >= 0.6 is 11.8 Å². The monoisotopic (exact) mass is 295 g/mol. The molecule has 0 saturated heterocycles. The van der Waals surface area contributed by atoms with E-state index in [0.717, 1.165) is 5.56 Å². The van der Waals surface area contributed by atoms with Gasteiger partial charge in [0.15, 0.2) is 5.16 Å². The molecule has 0 radical (unpaired) electrons. The van der Waals surface area contributed by atoms with E-state index in [4.69, 9.17) is 5.73 Å². The molecule has 0 spiro atoms. The third-order valence-electron chi connectivity index (χ3n) is 2.56. The Morgan fingerprint density at radius 2 is 1.84 bits per heavy atom. The Labute approximate surface area is 116 Å². The standard InChI is InChI=1S/C12H13N3O2S2/c1-8-3-5-9(6-4-8)19(16,17)10-7-14-12(18-2)15-11(10)13/h3-7H,1-2H3,(H2,13,14,15). The molecule has 0 amide bonds. The summed E-state index contributed by atoms with van der Waals surface area (Å²) in [4.78, 5) is 8.04. The fraction of sp³-hybridized carbons (Fsp3) is 0.167. The Bertz CT molecular complexity index is 697. The molecule has 0 bridgehead atoms. The maximum atomic E-state index is 12.4. The van der Waals surface area contributed by atoms with Crippen molar-refractivity contribution in [2.24, 2.45) is 0 Å². The predicted molar refractivity (Wildman–Crippen MR) is 74.9 cm³/mol. The van der Waals surface area contributed by atoms with Gasteiger partial charge in [-0.05, 0) is 25.3 Å². The maximum Gasteiger partial charge on any atom is 0.211 e. The third kappa shape index (κ3) is 2.71. The number of rotatable bonds is 3. The van der Waals surface area contributed by atoms with Crippen LogP contribution in [0.2, 0.25) is 0 Å². The van der Waals surface area contributed by atoms with Gasteiger partial charge in [-0.1, -0.05) is 29.5 Å². The minimum absolute atomic E-state index is 0.0278. The second-order valence-electron chi connectivity index (χ2n) is 3.92. The van der Waals surface area contributed by atoms with Gasteiger partial charge in [0.25, 0.3) is 0 Å². The smallest absolute Gasteiger partial charge is 0.211 e. The summed E-state index contributed by atoms with van der Waals surface area (Å²) in [6, 6.07) is 6.57. The molecule has 1 aromatic heterocycles. The number of hydrogen-bond acceptors (Lipinski definition) is 6. The summed E-state index contributed by atoms with van der Waals surface area (Å²) < 4.78 is 24.8. The molecule has 0 fully saturated rings. The summed E-state index contributed by atoms with van der Waals surface area (Å²) in [6.45, 7) is 1.89. The van der Waals surface area contributed by atoms with Crippen molar-refractivity contribution in [1.82, 2.24) is 9.97 Å². The van der Waals surface area contributed by atoms with Gasteiger partial charge in [0, 0.05) is 0 Å². The molecule has 19 heavy (non-hydrogen) atoms. The van der Waals surface area contributed by atoms with E-state index in [1.165, 1.54) is 18.0 Å². The van der Waals surface area contributed by atoms with E-state index in [1.807, 2.05) is 6.92 Å². The quantitative estimate of drug-likeness (QED) is 0.687. The Morgan fingerprint density at radius 1 is 1.21 bits per heavy atom. The van der Waals surface area contributed by atoms with E-state index in [0.29, 0.717) is 5.16 Å². The average molecular weight is 295 g/mol. The largest absolute Gasteiger partial charge is 0.382 e. The molecule has 0 atom stereocenters. The molecule has 2 N–H and O–H groups in total. The Hall–Kier alpha value is -1.60. The van der Waals surface area contributed by atoms with E-state index in [-0.39, 0.29) is 15.6 Å². The molecule has 0 saturated carbocycles. The van der Waals surface area contributed by atoms with Crippen LogP contribution in [0.1, 0.15) is 5.56 Å². The van der Waals surface area contributed by atoms with E-state index in [1.54, 1.807) is 30.5 Å². The Balaban J connectivity index is 2.53. The van der Waals surface area contributed by atoms with Crippen molar-refractivity contribution in [2.45, 2.75) is 21.9 Å². The number of hydrogen-bond donors (Lipinski definition) is 1. The first-order valence-corrected chi connectivity index (χ1v) is 8.14. The Morgan fingerprint density at radius 3 is 2.37 bits per heavy atom. The van der Waals surface area contributed by atoms with Gasteiger partial charge in [0.2, 0.25) is 9.84 Å². The lowest BCUT2D eigenvalue weighted by Gasteiger charge is -2.07. The number of aryl methyl sites for hydroxylation is 1. The summed E-state index contributed by atoms with van der Waals surface area (Å²) in [6.07, 6.45) is 3.05. The SMILES string of the molecule is CSc1ncc(S(=O)(=O)c2ccc(C)cc2)c(N)n1. The zero-order valence-electron chi connectivity index (χ0n) is 10.5. The molecular weight excluding hydrogens is 282 g/mol. The summed E-state index contributed by atoms with van der Waals surface area (Å²) in [5.74, 6) is -0.0278. The molecular formula is C12H13N3O2S2. The fourth-order valence-electron chi connectivity index (χ4n) is 1.52. The highest BCUT2D eigenvalue weighted by molar-refractivity contribution is 7.98. The zero-order valence-corrected chi connectivity index (χ0v) is 12.1. The van der Waals surface area contributed by atoms with Crippen LogP contribution in [0.5, 0.6) is 0 Å². The van der Waals surface area contributed by atoms with Crippen molar-refractivity contribution in [2.75, 3.05) is 12.0 Å². The number of nitrogens with two attached hydrogens (primary N) is 1. The van der Waals surface area contributed by atoms with Crippen molar-refractivity contribution >= 4 is 27.4 Å². The lowest BCUT2D eigenvalue weighted by Crippen LogP contribution is -2.08. The molecule has 100 valence electrons. The number of benzene rings is 1. The summed E-state index contributed by atoms with van der Waals surface area (Å²) >= 11 is 1.30. The lowest BCUT2D eigenvalue weighted by molar-refractivity contribution is 0.595. The summed E-state index contributed by atoms with van der Waals surface area (Å²) in [5.41, 5.74) is 6.69. The van der Waals surface area contributed by atoms with Gasteiger partial charge in [-0.15, -0.1) is 0 Å². The number of nitrogens with zero attached hydrogens (tertiary/aromatic N) is 2. The van der Waals surface area contributed by atoms with Gasteiger partial charge in [-0.2, -0.15) is 0 Å². The Kier molecular flexibility index (Phi) is 3.77. The second kappa shape index (κ2) is 5.18. The van der Waals surface area contributed by atoms with Gasteiger partial charge in [0.05, 0.1) is 11.1 Å². The van der Waals surface area contributed by atoms with Crippen molar-refractivity contribution in [3.8, 4) is 0 Å². The van der Waals surface area contributed by atoms with E-state index >= 15 is 0 Å². The molecule has 0 unspecified atom stereocenters. The van der Waals surface area contributed by atoms with Crippen LogP contribution in [0.25, 0.3) is 0 Å². The topological polar surface area (TPSA) is 85.9 Å². The highest BCUT2D eigenvalue weighted by atomic mass is 32.2. The minimum Gasteiger partial charge on any atom is -0.382 e. The van der Waals surface area contributed by atoms with E-state index in [2.05, 4.69) is 9.97 Å². The first-order valence-electron chi connectivity index (χ1n) is 5.43. The molecule has 2 rings (SSSR count). The number of aromatic nitrogens is 2. The fourth-order valence-corrected chi connectivity index (χ4v) is 3.13. The molecule has 5 nitrogen and oxygen atoms in total. The van der Waals surface area contributed by atoms with Crippen LogP contribution in [0, 0.1) is 6.92 Å². The van der Waals surface area contributed by atoms with Gasteiger partial charge in [-0.3, -0.25) is 0 Å². The first-order chi connectivity index (χ1) is 8.95. The van der Waals surface area contributed by atoms with Crippen molar-refractivity contribution in [1.29, 1.82) is 0 Å². The van der Waals surface area contributed by atoms with Crippen molar-refractivity contribution in [3.63, 3.8) is 0 Å². The number of sulfone groups is 1. The van der Waals surface area contributed by atoms with Crippen LogP contribution in [0.3, 0.4) is 0 Å². The van der Waals surface area contributed by atoms with Gasteiger partial charge in [0.1, 0.15) is 10.7 Å². The van der Waals surface area contributed by atoms with E-state index in [9.17, 15) is 8.42 Å². The molecule has 1 aromatic carbocycles. The highest BCUT2D eigenvalue weighted by Crippen LogP contribution is 2.25. The van der Waals surface area contributed by atoms with Crippen molar-refractivity contribution in [3.05, 3.63) is 36.0 Å². The van der Waals surface area contributed by atoms with Crippen molar-refractivity contribution < 1.29 is 8.42 Å². The minimum atomic E-state index is -3.67. The number of thioether (sulfide) groups is 1. The average Bonchev–Trinajstić information content (AvgIpc) is 2.38. The second-order valence-corrected chi connectivity index (χ2v) is 6.61. The molecule has 7 heteroatoms. The van der Waals surface area contributed by atoms with Gasteiger partial charge in [-0.25, -0.2) is 18.4 Å². The van der Waals surface area contributed by atoms with Crippen LogP contribution in [-0.2, 0) is 9.84 Å². The van der Waals surface area contributed by atoms with Crippen LogP contribution < -0.4 is 5.73 Å². The number of nitrogen functional groups attached to an aromatic ring is 1. The van der Waals surface area contributed by atoms with Crippen LogP contribution in [-0.4, -0.2) is 24.6 Å². The first kappa shape index (κ1) is 13.8. The highest BCUT2D eigenvalue weighted by Gasteiger charge is 2.22. The molecule has 1 heterocycles. The van der Waals surface area contributed by atoms with Crippen LogP contribution in [0.15, 0.2) is 45.4 Å². The zero-order chi connectivity index (χ0) is 14.0. The molecule has 2 aromatic rings.